The number of methoxy groups -OCH3 is 1. The van der Waals surface area contributed by atoms with E-state index >= 15 is 0 Å². The van der Waals surface area contributed by atoms with Gasteiger partial charge in [0.15, 0.2) is 0 Å². The highest BCUT2D eigenvalue weighted by Crippen LogP contribution is 2.47. The zero-order chi connectivity index (χ0) is 25.5. The molecule has 0 unspecified atom stereocenters. The zero-order valence-corrected chi connectivity index (χ0v) is 21.2. The van der Waals surface area contributed by atoms with Crippen LogP contribution in [-0.4, -0.2) is 60.2 Å². The van der Waals surface area contributed by atoms with Gasteiger partial charge in [-0.05, 0) is 79.5 Å². The lowest BCUT2D eigenvalue weighted by atomic mass is 9.73. The van der Waals surface area contributed by atoms with Gasteiger partial charge in [-0.2, -0.15) is 0 Å². The maximum atomic E-state index is 14.8. The molecule has 7 nitrogen and oxygen atoms in total. The number of hydrogen-bond acceptors (Lipinski definition) is 4. The number of carbonyl (C=O) groups is 3. The van der Waals surface area contributed by atoms with Crippen LogP contribution in [0.25, 0.3) is 0 Å². The van der Waals surface area contributed by atoms with E-state index in [0.29, 0.717) is 34.9 Å². The third-order valence-electron chi connectivity index (χ3n) is 6.81. The van der Waals surface area contributed by atoms with Crippen LogP contribution in [-0.2, 0) is 20.8 Å². The van der Waals surface area contributed by atoms with Crippen LogP contribution in [0, 0.1) is 17.7 Å². The quantitative estimate of drug-likeness (QED) is 0.621. The fourth-order valence-electron chi connectivity index (χ4n) is 4.79. The Morgan fingerprint density at radius 3 is 2.40 bits per heavy atom. The summed E-state index contributed by atoms with van der Waals surface area (Å²) in [5, 5.41) is 12.0. The Balaban J connectivity index is 1.62. The molecule has 1 fully saturated rings. The van der Waals surface area contributed by atoms with E-state index < -0.39 is 39.8 Å². The SMILES string of the molecule is COc1ccc2c(c1)CCN(C(=O)[C@H]1C[C@@H](C(=O)O)C1)[C@H]2C(=O)Nc1ccc(S(C)(C)C)c(F)c1. The number of carboxylic acid groups (broad SMARTS) is 1. The van der Waals surface area contributed by atoms with Crippen LogP contribution in [0.3, 0.4) is 0 Å². The molecule has 35 heavy (non-hydrogen) atoms. The second-order valence-electron chi connectivity index (χ2n) is 9.92. The van der Waals surface area contributed by atoms with Crippen molar-refractivity contribution in [3.63, 3.8) is 0 Å². The molecule has 2 aliphatic rings. The molecule has 0 radical (unpaired) electrons. The number of amides is 2. The molecule has 1 atom stereocenters. The minimum Gasteiger partial charge on any atom is -0.497 e. The number of hydrogen-bond donors (Lipinski definition) is 2. The summed E-state index contributed by atoms with van der Waals surface area (Å²) in [6.45, 7) is 0.325. The first kappa shape index (κ1) is 25.0. The summed E-state index contributed by atoms with van der Waals surface area (Å²) in [5.41, 5.74) is 1.92. The number of anilines is 1. The van der Waals surface area contributed by atoms with E-state index in [-0.39, 0.29) is 24.6 Å². The van der Waals surface area contributed by atoms with Crippen LogP contribution in [0.5, 0.6) is 5.75 Å². The molecule has 1 aliphatic carbocycles. The molecule has 1 heterocycles. The zero-order valence-electron chi connectivity index (χ0n) is 20.3. The maximum absolute atomic E-state index is 14.8. The van der Waals surface area contributed by atoms with Crippen molar-refractivity contribution in [1.82, 2.24) is 4.90 Å². The predicted molar refractivity (Wildman–Crippen MR) is 134 cm³/mol. The molecular formula is C26H31FN2O5S. The second kappa shape index (κ2) is 9.53. The highest BCUT2D eigenvalue weighted by molar-refractivity contribution is 8.32. The van der Waals surface area contributed by atoms with Crippen molar-refractivity contribution in [3.8, 4) is 5.75 Å². The third-order valence-corrected chi connectivity index (χ3v) is 8.46. The first-order chi connectivity index (χ1) is 16.5. The van der Waals surface area contributed by atoms with Gasteiger partial charge in [-0.15, -0.1) is 0 Å². The fourth-order valence-corrected chi connectivity index (χ4v) is 5.91. The monoisotopic (exact) mass is 502 g/mol. The number of carboxylic acids is 1. The average Bonchev–Trinajstić information content (AvgIpc) is 2.75. The van der Waals surface area contributed by atoms with Crippen molar-refractivity contribution in [2.75, 3.05) is 37.7 Å². The number of aliphatic carboxylic acids is 1. The number of fused-ring (bicyclic) bond motifs is 1. The van der Waals surface area contributed by atoms with Gasteiger partial charge in [-0.1, -0.05) is 6.07 Å². The van der Waals surface area contributed by atoms with Crippen molar-refractivity contribution in [1.29, 1.82) is 0 Å². The van der Waals surface area contributed by atoms with Gasteiger partial charge < -0.3 is 20.1 Å². The molecule has 4 rings (SSSR count). The summed E-state index contributed by atoms with van der Waals surface area (Å²) >= 11 is 0. The van der Waals surface area contributed by atoms with Crippen molar-refractivity contribution < 1.29 is 28.6 Å². The second-order valence-corrected chi connectivity index (χ2v) is 14.0. The molecule has 0 aromatic heterocycles. The molecular weight excluding hydrogens is 471 g/mol. The Kier molecular flexibility index (Phi) is 6.81. The molecule has 2 aromatic carbocycles. The molecule has 188 valence electrons. The molecule has 2 N–H and O–H groups in total. The van der Waals surface area contributed by atoms with Crippen molar-refractivity contribution >= 4 is 33.5 Å². The number of nitrogens with one attached hydrogen (secondary N) is 1. The van der Waals surface area contributed by atoms with E-state index in [2.05, 4.69) is 5.32 Å². The standard InChI is InChI=1S/C26H31FN2O5S/c1-34-19-6-7-20-15(13-19)9-10-29(25(31)16-11-17(12-16)26(32)33)23(20)24(30)28-18-5-8-22(21(27)14-18)35(2,3)4/h5-8,13-14,16-17,23H,9-12H2,1-4H3,(H,28,30)(H,32,33)/t16-,17+,23-/m1/s1. The molecule has 0 bridgehead atoms. The number of benzene rings is 2. The summed E-state index contributed by atoms with van der Waals surface area (Å²) in [7, 11) is 0.290. The van der Waals surface area contributed by atoms with E-state index in [1.54, 1.807) is 31.4 Å². The lowest BCUT2D eigenvalue weighted by molar-refractivity contribution is -0.154. The van der Waals surface area contributed by atoms with Crippen molar-refractivity contribution in [3.05, 3.63) is 53.3 Å². The Hall–Kier alpha value is -3.07. The van der Waals surface area contributed by atoms with Gasteiger partial charge in [0, 0.05) is 23.0 Å². The lowest BCUT2D eigenvalue weighted by Gasteiger charge is -2.41. The molecule has 1 saturated carbocycles. The van der Waals surface area contributed by atoms with Gasteiger partial charge in [0.2, 0.25) is 5.91 Å². The number of rotatable bonds is 6. The highest BCUT2D eigenvalue weighted by atomic mass is 32.3. The predicted octanol–water partition coefficient (Wildman–Crippen LogP) is 4.06. The molecule has 0 saturated heterocycles. The first-order valence-corrected chi connectivity index (χ1v) is 14.3. The largest absolute Gasteiger partial charge is 0.497 e. The van der Waals surface area contributed by atoms with Crippen LogP contribution in [0.4, 0.5) is 10.1 Å². The molecule has 9 heteroatoms. The lowest BCUT2D eigenvalue weighted by Crippen LogP contribution is -2.50. The minimum absolute atomic E-state index is 0.220. The summed E-state index contributed by atoms with van der Waals surface area (Å²) in [4.78, 5) is 40.2. The average molecular weight is 503 g/mol. The molecule has 2 amide bonds. The minimum atomic E-state index is -1.28. The van der Waals surface area contributed by atoms with E-state index in [1.807, 2.05) is 24.8 Å². The van der Waals surface area contributed by atoms with Gasteiger partial charge in [-0.3, -0.25) is 14.4 Å². The normalized spacial score (nSPS) is 22.0. The molecule has 1 aliphatic heterocycles. The van der Waals surface area contributed by atoms with Crippen LogP contribution in [0.15, 0.2) is 41.3 Å². The van der Waals surface area contributed by atoms with Gasteiger partial charge in [-0.25, -0.2) is 14.4 Å². The Labute approximate surface area is 206 Å². The van der Waals surface area contributed by atoms with Gasteiger partial charge in [0.05, 0.1) is 13.0 Å². The van der Waals surface area contributed by atoms with Crippen LogP contribution in [0.1, 0.15) is 30.0 Å². The topological polar surface area (TPSA) is 95.9 Å². The van der Waals surface area contributed by atoms with Crippen LogP contribution < -0.4 is 10.1 Å². The Morgan fingerprint density at radius 2 is 1.80 bits per heavy atom. The van der Waals surface area contributed by atoms with Gasteiger partial charge >= 0.3 is 5.97 Å². The van der Waals surface area contributed by atoms with Crippen LogP contribution in [0.2, 0.25) is 0 Å². The van der Waals surface area contributed by atoms with Gasteiger partial charge in [0.25, 0.3) is 5.91 Å². The Bertz CT molecular complexity index is 1170. The number of ether oxygens (including phenoxy) is 1. The number of halogens is 1. The first-order valence-electron chi connectivity index (χ1n) is 11.5. The number of nitrogens with zero attached hydrogens (tertiary/aromatic N) is 1. The van der Waals surface area contributed by atoms with E-state index in [4.69, 9.17) is 4.74 Å². The Morgan fingerprint density at radius 1 is 1.09 bits per heavy atom. The fraction of sp³-hybridized carbons (Fsp3) is 0.423. The molecule has 2 aromatic rings. The van der Waals surface area contributed by atoms with Crippen molar-refractivity contribution in [2.24, 2.45) is 11.8 Å². The van der Waals surface area contributed by atoms with Gasteiger partial charge in [0.1, 0.15) is 17.6 Å². The summed E-state index contributed by atoms with van der Waals surface area (Å²) in [6.07, 6.45) is 7.09. The smallest absolute Gasteiger partial charge is 0.306 e. The van der Waals surface area contributed by atoms with Crippen molar-refractivity contribution in [2.45, 2.75) is 30.2 Å². The summed E-state index contributed by atoms with van der Waals surface area (Å²) in [5.74, 6) is -2.21. The number of carbonyl (C=O) groups excluding carboxylic acids is 2. The summed E-state index contributed by atoms with van der Waals surface area (Å²) < 4.78 is 20.1. The third kappa shape index (κ3) is 5.00. The van der Waals surface area contributed by atoms with E-state index in [1.165, 1.54) is 11.0 Å². The van der Waals surface area contributed by atoms with E-state index in [0.717, 1.165) is 5.56 Å². The highest BCUT2D eigenvalue weighted by Gasteiger charge is 2.44. The van der Waals surface area contributed by atoms with E-state index in [9.17, 15) is 23.9 Å². The maximum Gasteiger partial charge on any atom is 0.306 e. The summed E-state index contributed by atoms with van der Waals surface area (Å²) in [6, 6.07) is 9.19. The van der Waals surface area contributed by atoms with Crippen LogP contribution >= 0.6 is 10.0 Å². The molecule has 0 spiro atoms.